The van der Waals surface area contributed by atoms with Crippen LogP contribution in [0, 0.1) is 39.8 Å². The Morgan fingerprint density at radius 2 is 1.42 bits per heavy atom. The Morgan fingerprint density at radius 3 is 1.96 bits per heavy atom. The molecule has 0 radical (unpaired) electrons. The van der Waals surface area contributed by atoms with Gasteiger partial charge in [-0.1, -0.05) is 0 Å². The van der Waals surface area contributed by atoms with Gasteiger partial charge in [0, 0.05) is 5.56 Å². The number of nitriles is 3. The van der Waals surface area contributed by atoms with Crippen LogP contribution in [0.2, 0.25) is 0 Å². The summed E-state index contributed by atoms with van der Waals surface area (Å²) < 4.78 is 18.5. The zero-order valence-corrected chi connectivity index (χ0v) is 12.0. The third kappa shape index (κ3) is 2.56. The Labute approximate surface area is 135 Å². The van der Waals surface area contributed by atoms with Gasteiger partial charge in [0.25, 0.3) is 5.89 Å². The zero-order valence-electron chi connectivity index (χ0n) is 12.0. The summed E-state index contributed by atoms with van der Waals surface area (Å²) in [5.74, 6) is -0.293. The fourth-order valence-electron chi connectivity index (χ4n) is 2.15. The average Bonchev–Trinajstić information content (AvgIpc) is 3.10. The second-order valence-electron chi connectivity index (χ2n) is 4.70. The van der Waals surface area contributed by atoms with E-state index in [-0.39, 0.29) is 34.0 Å². The van der Waals surface area contributed by atoms with Crippen molar-refractivity contribution in [1.29, 1.82) is 15.8 Å². The molecule has 112 valence electrons. The van der Waals surface area contributed by atoms with E-state index in [9.17, 15) is 14.9 Å². The third-order valence-electron chi connectivity index (χ3n) is 3.24. The van der Waals surface area contributed by atoms with E-state index >= 15 is 0 Å². The van der Waals surface area contributed by atoms with E-state index in [1.54, 1.807) is 0 Å². The van der Waals surface area contributed by atoms with Gasteiger partial charge in [-0.2, -0.15) is 15.8 Å². The van der Waals surface area contributed by atoms with Gasteiger partial charge in [0.2, 0.25) is 5.89 Å². The smallest absolute Gasteiger partial charge is 0.250 e. The highest BCUT2D eigenvalue weighted by molar-refractivity contribution is 5.73. The van der Waals surface area contributed by atoms with Crippen LogP contribution in [0.15, 0.2) is 40.8 Å². The number of hydrogen-bond acceptors (Lipinski definition) is 6. The van der Waals surface area contributed by atoms with Gasteiger partial charge in [0.1, 0.15) is 18.0 Å². The molecule has 0 saturated carbocycles. The molecule has 0 aliphatic heterocycles. The van der Waals surface area contributed by atoms with E-state index in [2.05, 4.69) is 10.2 Å². The maximum Gasteiger partial charge on any atom is 0.250 e. The van der Waals surface area contributed by atoms with E-state index in [1.165, 1.54) is 36.4 Å². The Kier molecular flexibility index (Phi) is 3.72. The summed E-state index contributed by atoms with van der Waals surface area (Å²) >= 11 is 0. The van der Waals surface area contributed by atoms with Crippen molar-refractivity contribution < 1.29 is 8.81 Å². The van der Waals surface area contributed by atoms with Crippen molar-refractivity contribution in [2.45, 2.75) is 0 Å². The molecule has 0 bridgehead atoms. The monoisotopic (exact) mass is 315 g/mol. The Balaban J connectivity index is 2.14. The van der Waals surface area contributed by atoms with Crippen molar-refractivity contribution in [3.05, 3.63) is 58.9 Å². The van der Waals surface area contributed by atoms with Crippen molar-refractivity contribution in [3.8, 4) is 41.1 Å². The summed E-state index contributed by atoms with van der Waals surface area (Å²) in [4.78, 5) is 0. The van der Waals surface area contributed by atoms with Crippen LogP contribution in [0.3, 0.4) is 0 Å². The first kappa shape index (κ1) is 14.9. The van der Waals surface area contributed by atoms with Crippen molar-refractivity contribution in [3.63, 3.8) is 0 Å². The van der Waals surface area contributed by atoms with Crippen LogP contribution in [0.5, 0.6) is 0 Å². The second kappa shape index (κ2) is 6.00. The number of halogens is 1. The predicted octanol–water partition coefficient (Wildman–Crippen LogP) is 3.16. The molecule has 0 unspecified atom stereocenters. The van der Waals surface area contributed by atoms with E-state index in [1.807, 2.05) is 18.2 Å². The number of hydrogen-bond donors (Lipinski definition) is 0. The van der Waals surface area contributed by atoms with Crippen LogP contribution in [0.4, 0.5) is 4.39 Å². The molecule has 1 heterocycles. The Bertz CT molecular complexity index is 1010. The van der Waals surface area contributed by atoms with Gasteiger partial charge in [-0.3, -0.25) is 0 Å². The molecule has 2 aromatic carbocycles. The fraction of sp³-hybridized carbons (Fsp3) is 0. The summed E-state index contributed by atoms with van der Waals surface area (Å²) in [5, 5.41) is 35.2. The number of benzene rings is 2. The zero-order chi connectivity index (χ0) is 17.1. The molecule has 0 spiro atoms. The molecule has 0 N–H and O–H groups in total. The SMILES string of the molecule is N#Cc1cc(C#N)c(-c2nnc(-c3ccc(F)cc3)o2)c(C#N)c1. The lowest BCUT2D eigenvalue weighted by atomic mass is 9.99. The lowest BCUT2D eigenvalue weighted by molar-refractivity contribution is 0.583. The van der Waals surface area contributed by atoms with Crippen LogP contribution in [-0.4, -0.2) is 10.2 Å². The first-order chi connectivity index (χ1) is 11.7. The Hall–Kier alpha value is -4.02. The molecule has 0 atom stereocenters. The topological polar surface area (TPSA) is 110 Å². The molecule has 0 aliphatic rings. The largest absolute Gasteiger partial charge is 0.416 e. The molecule has 6 nitrogen and oxygen atoms in total. The summed E-state index contributed by atoms with van der Waals surface area (Å²) in [6.45, 7) is 0. The van der Waals surface area contributed by atoms with Gasteiger partial charge in [0.15, 0.2) is 0 Å². The first-order valence-corrected chi connectivity index (χ1v) is 6.64. The van der Waals surface area contributed by atoms with E-state index in [4.69, 9.17) is 9.68 Å². The van der Waals surface area contributed by atoms with Gasteiger partial charge in [-0.05, 0) is 36.4 Å². The molecule has 0 saturated heterocycles. The van der Waals surface area contributed by atoms with Crippen molar-refractivity contribution >= 4 is 0 Å². The average molecular weight is 315 g/mol. The predicted molar refractivity (Wildman–Crippen MR) is 79.3 cm³/mol. The highest BCUT2D eigenvalue weighted by Gasteiger charge is 2.19. The van der Waals surface area contributed by atoms with Crippen LogP contribution in [-0.2, 0) is 0 Å². The minimum Gasteiger partial charge on any atom is -0.416 e. The fourth-order valence-corrected chi connectivity index (χ4v) is 2.15. The van der Waals surface area contributed by atoms with Crippen molar-refractivity contribution in [2.75, 3.05) is 0 Å². The van der Waals surface area contributed by atoms with Gasteiger partial charge < -0.3 is 4.42 Å². The molecular weight excluding hydrogens is 309 g/mol. The quantitative estimate of drug-likeness (QED) is 0.718. The number of nitrogens with zero attached hydrogens (tertiary/aromatic N) is 5. The molecule has 3 aromatic rings. The molecule has 0 fully saturated rings. The van der Waals surface area contributed by atoms with E-state index < -0.39 is 5.82 Å². The van der Waals surface area contributed by atoms with E-state index in [0.717, 1.165) is 0 Å². The van der Waals surface area contributed by atoms with Crippen LogP contribution in [0.25, 0.3) is 22.9 Å². The van der Waals surface area contributed by atoms with Crippen molar-refractivity contribution in [2.24, 2.45) is 0 Å². The molecule has 0 aliphatic carbocycles. The highest BCUT2D eigenvalue weighted by atomic mass is 19.1. The minimum atomic E-state index is -0.399. The lowest BCUT2D eigenvalue weighted by Crippen LogP contribution is -1.92. The third-order valence-corrected chi connectivity index (χ3v) is 3.24. The summed E-state index contributed by atoms with van der Waals surface area (Å²) in [6.07, 6.45) is 0. The Morgan fingerprint density at radius 1 is 0.833 bits per heavy atom. The van der Waals surface area contributed by atoms with E-state index in [0.29, 0.717) is 5.56 Å². The molecule has 7 heteroatoms. The first-order valence-electron chi connectivity index (χ1n) is 6.64. The van der Waals surface area contributed by atoms with Crippen LogP contribution in [0.1, 0.15) is 16.7 Å². The lowest BCUT2D eigenvalue weighted by Gasteiger charge is -2.02. The molecule has 0 amide bonds. The molecular formula is C17H6FN5O. The van der Waals surface area contributed by atoms with Crippen LogP contribution >= 0.6 is 0 Å². The maximum atomic E-state index is 13.0. The highest BCUT2D eigenvalue weighted by Crippen LogP contribution is 2.30. The standard InChI is InChI=1S/C17H6FN5O/c18-14-3-1-11(2-4-14)16-22-23-17(24-16)15-12(8-20)5-10(7-19)6-13(15)9-21/h1-6H. The molecule has 1 aromatic heterocycles. The van der Waals surface area contributed by atoms with Gasteiger partial charge in [-0.15, -0.1) is 10.2 Å². The molecule has 24 heavy (non-hydrogen) atoms. The number of aromatic nitrogens is 2. The van der Waals surface area contributed by atoms with Gasteiger partial charge in [-0.25, -0.2) is 4.39 Å². The summed E-state index contributed by atoms with van der Waals surface area (Å²) in [6, 6.07) is 13.9. The normalized spacial score (nSPS) is 9.75. The number of rotatable bonds is 2. The van der Waals surface area contributed by atoms with Crippen LogP contribution < -0.4 is 0 Å². The minimum absolute atomic E-state index is 0.0214. The maximum absolute atomic E-state index is 13.0. The summed E-state index contributed by atoms with van der Waals surface area (Å²) in [7, 11) is 0. The molecule has 3 rings (SSSR count). The van der Waals surface area contributed by atoms with Crippen molar-refractivity contribution in [1.82, 2.24) is 10.2 Å². The summed E-state index contributed by atoms with van der Waals surface area (Å²) in [5.41, 5.74) is 1.02. The van der Waals surface area contributed by atoms with Gasteiger partial charge >= 0.3 is 0 Å². The van der Waals surface area contributed by atoms with Gasteiger partial charge in [0.05, 0.1) is 28.3 Å². The second-order valence-corrected chi connectivity index (χ2v) is 4.70.